The van der Waals surface area contributed by atoms with Gasteiger partial charge >= 0.3 is 0 Å². The minimum absolute atomic E-state index is 0.526. The second kappa shape index (κ2) is 6.21. The Balaban J connectivity index is 2.57. The fourth-order valence-corrected chi connectivity index (χ4v) is 2.23. The van der Waals surface area contributed by atoms with Crippen LogP contribution in [0.4, 0.5) is 5.13 Å². The van der Waals surface area contributed by atoms with Gasteiger partial charge in [0.25, 0.3) is 0 Å². The van der Waals surface area contributed by atoms with Crippen LogP contribution in [0.1, 0.15) is 39.0 Å². The fourth-order valence-electron chi connectivity index (χ4n) is 1.31. The molecule has 92 valence electrons. The van der Waals surface area contributed by atoms with Gasteiger partial charge in [-0.05, 0) is 13.3 Å². The molecule has 4 heteroatoms. The third-order valence-electron chi connectivity index (χ3n) is 2.78. The Morgan fingerprint density at radius 2 is 2.12 bits per heavy atom. The van der Waals surface area contributed by atoms with Crippen LogP contribution in [0.15, 0.2) is 6.20 Å². The van der Waals surface area contributed by atoms with E-state index in [0.29, 0.717) is 12.1 Å². The van der Waals surface area contributed by atoms with Crippen molar-refractivity contribution in [3.05, 3.63) is 11.1 Å². The van der Waals surface area contributed by atoms with Crippen molar-refractivity contribution in [2.45, 2.75) is 52.7 Å². The van der Waals surface area contributed by atoms with Gasteiger partial charge in [0.2, 0.25) is 0 Å². The third-order valence-corrected chi connectivity index (χ3v) is 3.87. The van der Waals surface area contributed by atoms with E-state index in [-0.39, 0.29) is 0 Å². The highest BCUT2D eigenvalue weighted by Crippen LogP contribution is 2.23. The minimum Gasteiger partial charge on any atom is -0.348 e. The molecule has 1 heterocycles. The molecule has 0 aliphatic carbocycles. The lowest BCUT2D eigenvalue weighted by molar-refractivity contribution is 0.593. The maximum Gasteiger partial charge on any atom is 0.185 e. The van der Waals surface area contributed by atoms with Crippen molar-refractivity contribution in [1.82, 2.24) is 10.3 Å². The van der Waals surface area contributed by atoms with E-state index in [1.54, 1.807) is 11.3 Å². The highest BCUT2D eigenvalue weighted by atomic mass is 32.1. The summed E-state index contributed by atoms with van der Waals surface area (Å²) in [5.74, 6) is 0. The number of anilines is 1. The van der Waals surface area contributed by atoms with Gasteiger partial charge in [-0.25, -0.2) is 4.98 Å². The summed E-state index contributed by atoms with van der Waals surface area (Å²) in [6, 6.07) is 1.08. The van der Waals surface area contributed by atoms with Gasteiger partial charge in [0, 0.05) is 36.8 Å². The molecule has 1 N–H and O–H groups in total. The average Bonchev–Trinajstić information content (AvgIpc) is 2.72. The number of thiazole rings is 1. The van der Waals surface area contributed by atoms with Gasteiger partial charge in [0.05, 0.1) is 0 Å². The first-order valence-corrected chi connectivity index (χ1v) is 6.77. The standard InChI is InChI=1S/C12H23N3S/c1-6-10(4)15(5)12-14-8-11(16-12)7-13-9(2)3/h8-10,13H,6-7H2,1-5H3. The van der Waals surface area contributed by atoms with Gasteiger partial charge in [-0.1, -0.05) is 20.8 Å². The fraction of sp³-hybridized carbons (Fsp3) is 0.750. The average molecular weight is 241 g/mol. The molecule has 0 radical (unpaired) electrons. The summed E-state index contributed by atoms with van der Waals surface area (Å²) < 4.78 is 0. The van der Waals surface area contributed by atoms with Crippen LogP contribution >= 0.6 is 11.3 Å². The molecule has 1 atom stereocenters. The molecule has 0 aromatic carbocycles. The van der Waals surface area contributed by atoms with Gasteiger partial charge in [0.1, 0.15) is 0 Å². The van der Waals surface area contributed by atoms with Crippen molar-refractivity contribution in [2.75, 3.05) is 11.9 Å². The molecule has 0 amide bonds. The van der Waals surface area contributed by atoms with E-state index in [1.165, 1.54) is 4.88 Å². The molecule has 1 aromatic heterocycles. The molecule has 0 aliphatic rings. The van der Waals surface area contributed by atoms with E-state index in [1.807, 2.05) is 6.20 Å². The minimum atomic E-state index is 0.526. The second-order valence-corrected chi connectivity index (χ2v) is 5.61. The van der Waals surface area contributed by atoms with Crippen molar-refractivity contribution in [3.8, 4) is 0 Å². The Labute approximate surface area is 103 Å². The summed E-state index contributed by atoms with van der Waals surface area (Å²) in [7, 11) is 2.12. The van der Waals surface area contributed by atoms with Crippen molar-refractivity contribution in [1.29, 1.82) is 0 Å². The molecule has 1 unspecified atom stereocenters. The van der Waals surface area contributed by atoms with Crippen LogP contribution in [0.25, 0.3) is 0 Å². The normalized spacial score (nSPS) is 13.1. The molecule has 3 nitrogen and oxygen atoms in total. The number of nitrogens with one attached hydrogen (secondary N) is 1. The monoisotopic (exact) mass is 241 g/mol. The number of aromatic nitrogens is 1. The summed E-state index contributed by atoms with van der Waals surface area (Å²) in [5, 5.41) is 4.53. The molecule has 0 spiro atoms. The molecular formula is C12H23N3S. The number of hydrogen-bond acceptors (Lipinski definition) is 4. The van der Waals surface area contributed by atoms with Crippen LogP contribution in [0.5, 0.6) is 0 Å². The highest BCUT2D eigenvalue weighted by Gasteiger charge is 2.11. The van der Waals surface area contributed by atoms with Crippen molar-refractivity contribution in [2.24, 2.45) is 0 Å². The lowest BCUT2D eigenvalue weighted by Gasteiger charge is -2.22. The van der Waals surface area contributed by atoms with Gasteiger partial charge < -0.3 is 10.2 Å². The van der Waals surface area contributed by atoms with E-state index in [0.717, 1.165) is 18.1 Å². The van der Waals surface area contributed by atoms with E-state index >= 15 is 0 Å². The molecular weight excluding hydrogens is 218 g/mol. The Bertz CT molecular complexity index is 309. The van der Waals surface area contributed by atoms with Gasteiger partial charge in [-0.15, -0.1) is 11.3 Å². The van der Waals surface area contributed by atoms with Crippen molar-refractivity contribution < 1.29 is 0 Å². The summed E-state index contributed by atoms with van der Waals surface area (Å²) >= 11 is 1.78. The Kier molecular flexibility index (Phi) is 5.22. The van der Waals surface area contributed by atoms with E-state index < -0.39 is 0 Å². The smallest absolute Gasteiger partial charge is 0.185 e. The van der Waals surface area contributed by atoms with Crippen LogP contribution in [-0.2, 0) is 6.54 Å². The molecule has 0 saturated heterocycles. The largest absolute Gasteiger partial charge is 0.348 e. The van der Waals surface area contributed by atoms with Gasteiger partial charge in [0.15, 0.2) is 5.13 Å². The Morgan fingerprint density at radius 1 is 1.44 bits per heavy atom. The predicted octanol–water partition coefficient (Wildman–Crippen LogP) is 2.88. The molecule has 0 aliphatic heterocycles. The molecule has 0 fully saturated rings. The maximum atomic E-state index is 4.47. The summed E-state index contributed by atoms with van der Waals surface area (Å²) in [4.78, 5) is 8.03. The van der Waals surface area contributed by atoms with Crippen LogP contribution in [0.3, 0.4) is 0 Å². The van der Waals surface area contributed by atoms with Crippen LogP contribution in [0, 0.1) is 0 Å². The van der Waals surface area contributed by atoms with E-state index in [9.17, 15) is 0 Å². The molecule has 1 rings (SSSR count). The molecule has 16 heavy (non-hydrogen) atoms. The SMILES string of the molecule is CCC(C)N(C)c1ncc(CNC(C)C)s1. The van der Waals surface area contributed by atoms with Crippen molar-refractivity contribution >= 4 is 16.5 Å². The van der Waals surface area contributed by atoms with Crippen LogP contribution in [0.2, 0.25) is 0 Å². The zero-order chi connectivity index (χ0) is 12.1. The highest BCUT2D eigenvalue weighted by molar-refractivity contribution is 7.15. The van der Waals surface area contributed by atoms with Gasteiger partial charge in [-0.3, -0.25) is 0 Å². The topological polar surface area (TPSA) is 28.2 Å². The zero-order valence-electron chi connectivity index (χ0n) is 10.9. The molecule has 0 saturated carbocycles. The molecule has 1 aromatic rings. The molecule has 0 bridgehead atoms. The Morgan fingerprint density at radius 3 is 2.69 bits per heavy atom. The lowest BCUT2D eigenvalue weighted by atomic mass is 10.2. The third kappa shape index (κ3) is 3.76. The zero-order valence-corrected chi connectivity index (χ0v) is 11.8. The first-order valence-electron chi connectivity index (χ1n) is 5.95. The first kappa shape index (κ1) is 13.5. The van der Waals surface area contributed by atoms with E-state index in [2.05, 4.69) is 49.9 Å². The van der Waals surface area contributed by atoms with Crippen molar-refractivity contribution in [3.63, 3.8) is 0 Å². The van der Waals surface area contributed by atoms with Crippen LogP contribution < -0.4 is 10.2 Å². The summed E-state index contributed by atoms with van der Waals surface area (Å²) in [6.07, 6.45) is 3.13. The van der Waals surface area contributed by atoms with E-state index in [4.69, 9.17) is 0 Å². The summed E-state index contributed by atoms with van der Waals surface area (Å²) in [6.45, 7) is 9.67. The Hall–Kier alpha value is -0.610. The second-order valence-electron chi connectivity index (χ2n) is 4.51. The number of rotatable bonds is 6. The predicted molar refractivity (Wildman–Crippen MR) is 72.2 cm³/mol. The lowest BCUT2D eigenvalue weighted by Crippen LogP contribution is -2.27. The number of hydrogen-bond donors (Lipinski definition) is 1. The summed E-state index contributed by atoms with van der Waals surface area (Å²) in [5.41, 5.74) is 0. The number of nitrogens with zero attached hydrogens (tertiary/aromatic N) is 2. The maximum absolute atomic E-state index is 4.47. The van der Waals surface area contributed by atoms with Crippen LogP contribution in [-0.4, -0.2) is 24.1 Å². The first-order chi connectivity index (χ1) is 7.54. The quantitative estimate of drug-likeness (QED) is 0.830. The van der Waals surface area contributed by atoms with Gasteiger partial charge in [-0.2, -0.15) is 0 Å².